The number of benzene rings is 2. The number of nitrogens with one attached hydrogen (secondary N) is 1. The van der Waals surface area contributed by atoms with Crippen LogP contribution in [0.4, 0.5) is 5.69 Å². The van der Waals surface area contributed by atoms with E-state index < -0.39 is 11.0 Å². The maximum Gasteiger partial charge on any atom is 0.263 e. The zero-order valence-electron chi connectivity index (χ0n) is 34.6. The van der Waals surface area contributed by atoms with Crippen molar-refractivity contribution in [1.29, 1.82) is 0 Å². The van der Waals surface area contributed by atoms with Gasteiger partial charge in [-0.05, 0) is 133 Å². The largest absolute Gasteiger partial charge is 0.490 e. The molecule has 1 N–H and O–H groups in total. The van der Waals surface area contributed by atoms with E-state index in [1.165, 1.54) is 11.1 Å². The molecular formula is C44H67ClN4O5S. The summed E-state index contributed by atoms with van der Waals surface area (Å²) in [5.41, 5.74) is 3.68. The first-order valence-electron chi connectivity index (χ1n) is 21.0. The van der Waals surface area contributed by atoms with Crippen molar-refractivity contribution in [3.8, 4) is 5.75 Å². The van der Waals surface area contributed by atoms with E-state index in [1.807, 2.05) is 31.2 Å². The number of carbonyl (C=O) groups excluding carboxylic acids is 1. The summed E-state index contributed by atoms with van der Waals surface area (Å²) in [7, 11) is 0.0950. The van der Waals surface area contributed by atoms with Gasteiger partial charge in [0.1, 0.15) is 22.5 Å². The summed E-state index contributed by atoms with van der Waals surface area (Å²) in [6, 6.07) is 12.1. The smallest absolute Gasteiger partial charge is 0.263 e. The number of carbonyl (C=O) groups is 1. The lowest BCUT2D eigenvalue weighted by Gasteiger charge is -2.58. The number of methoxy groups -OCH3 is 1. The van der Waals surface area contributed by atoms with E-state index in [0.29, 0.717) is 43.6 Å². The van der Waals surface area contributed by atoms with Crippen LogP contribution < -0.4 is 14.4 Å². The van der Waals surface area contributed by atoms with Crippen LogP contribution in [-0.4, -0.2) is 103 Å². The van der Waals surface area contributed by atoms with Crippen molar-refractivity contribution in [3.05, 3.63) is 58.1 Å². The lowest BCUT2D eigenvalue weighted by molar-refractivity contribution is -0.232. The molecule has 1 saturated carbocycles. The average Bonchev–Trinajstić information content (AvgIpc) is 3.30. The molecule has 1 saturated heterocycles. The van der Waals surface area contributed by atoms with E-state index in [2.05, 4.69) is 66.2 Å². The highest BCUT2D eigenvalue weighted by Crippen LogP contribution is 2.51. The van der Waals surface area contributed by atoms with Crippen molar-refractivity contribution < 1.29 is 23.2 Å². The molecule has 4 aliphatic rings. The van der Waals surface area contributed by atoms with Crippen LogP contribution in [0.3, 0.4) is 0 Å². The first-order chi connectivity index (χ1) is 26.3. The summed E-state index contributed by atoms with van der Waals surface area (Å²) in [6.45, 7) is 20.8. The molecule has 6 atom stereocenters. The standard InChI is InChI=1S/C44H67ClN4O5S/c1-8-10-21-44(54-9-2,49-24-22-48(23-25-49)42(4,5)6)38-16-13-35(38)29-47-30-43(20-11-12-33-27-36(45)15-17-37(33)43)31-53-40-18-14-34(28-39(40)47)41(50)46-55(51)32(3)19-26-52-7/h14-15,17-18,27-28,32,35,38H,8-13,16,19-26,29-31H2,1-7H3,(H,46,50)/t32?,35?,38?,43-,44+,55?/m0/s1. The Bertz CT molecular complexity index is 1650. The maximum atomic E-state index is 13.7. The quantitative estimate of drug-likeness (QED) is 0.194. The van der Waals surface area contributed by atoms with Crippen molar-refractivity contribution in [2.45, 2.75) is 121 Å². The molecule has 11 heteroatoms. The number of hydrogen-bond donors (Lipinski definition) is 1. The minimum absolute atomic E-state index is 0.150. The fourth-order valence-electron chi connectivity index (χ4n) is 9.85. The molecule has 0 bridgehead atoms. The average molecular weight is 800 g/mol. The van der Waals surface area contributed by atoms with Crippen LogP contribution in [0.2, 0.25) is 5.02 Å². The van der Waals surface area contributed by atoms with Crippen molar-refractivity contribution in [2.75, 3.05) is 71.1 Å². The number of hydrogen-bond acceptors (Lipinski definition) is 8. The minimum atomic E-state index is -1.53. The Kier molecular flexibility index (Phi) is 14.0. The number of halogens is 1. The molecule has 1 spiro atoms. The van der Waals surface area contributed by atoms with Crippen LogP contribution in [0, 0.1) is 11.8 Å². The topological polar surface area (TPSA) is 83.6 Å². The van der Waals surface area contributed by atoms with Gasteiger partial charge in [0, 0.05) is 87.1 Å². The lowest BCUT2D eigenvalue weighted by atomic mass is 9.65. The summed E-state index contributed by atoms with van der Waals surface area (Å²) in [5, 5.41) is 0.546. The molecule has 2 aliphatic carbocycles. The van der Waals surface area contributed by atoms with Crippen molar-refractivity contribution in [2.24, 2.45) is 11.8 Å². The molecule has 2 aromatic rings. The van der Waals surface area contributed by atoms with Crippen molar-refractivity contribution in [3.63, 3.8) is 0 Å². The Hall–Kier alpha value is -2.21. The van der Waals surface area contributed by atoms with E-state index in [9.17, 15) is 9.00 Å². The van der Waals surface area contributed by atoms with Crippen molar-refractivity contribution in [1.82, 2.24) is 14.5 Å². The van der Waals surface area contributed by atoms with Crippen LogP contribution in [0.15, 0.2) is 36.4 Å². The lowest BCUT2D eigenvalue weighted by Crippen LogP contribution is -2.66. The Morgan fingerprint density at radius 3 is 2.53 bits per heavy atom. The monoisotopic (exact) mass is 798 g/mol. The van der Waals surface area contributed by atoms with Gasteiger partial charge in [0.15, 0.2) is 0 Å². The van der Waals surface area contributed by atoms with Gasteiger partial charge in [-0.25, -0.2) is 4.21 Å². The third-order valence-electron chi connectivity index (χ3n) is 13.1. The summed E-state index contributed by atoms with van der Waals surface area (Å²) >= 11 is 6.55. The number of piperazine rings is 1. The second-order valence-electron chi connectivity index (χ2n) is 17.6. The van der Waals surface area contributed by atoms with Crippen LogP contribution in [0.5, 0.6) is 5.75 Å². The molecule has 306 valence electrons. The van der Waals surface area contributed by atoms with Crippen LogP contribution in [0.25, 0.3) is 0 Å². The molecule has 0 aromatic heterocycles. The summed E-state index contributed by atoms with van der Waals surface area (Å²) in [6.07, 6.45) is 9.28. The predicted octanol–water partition coefficient (Wildman–Crippen LogP) is 8.00. The minimum Gasteiger partial charge on any atom is -0.490 e. The molecule has 2 aromatic carbocycles. The van der Waals surface area contributed by atoms with E-state index >= 15 is 0 Å². The van der Waals surface area contributed by atoms with Gasteiger partial charge in [0.2, 0.25) is 0 Å². The van der Waals surface area contributed by atoms with E-state index in [1.54, 1.807) is 7.11 Å². The number of anilines is 1. The van der Waals surface area contributed by atoms with Crippen LogP contribution in [0.1, 0.15) is 114 Å². The van der Waals surface area contributed by atoms with Gasteiger partial charge in [-0.2, -0.15) is 0 Å². The van der Waals surface area contributed by atoms with Crippen LogP contribution in [-0.2, 0) is 32.3 Å². The Morgan fingerprint density at radius 1 is 1.09 bits per heavy atom. The number of aryl methyl sites for hydroxylation is 1. The first kappa shape index (κ1) is 42.4. The summed E-state index contributed by atoms with van der Waals surface area (Å²) in [4.78, 5) is 21.5. The van der Waals surface area contributed by atoms with E-state index in [0.717, 1.165) is 107 Å². The van der Waals surface area contributed by atoms with Crippen LogP contribution >= 0.6 is 11.6 Å². The Balaban J connectivity index is 1.34. The Morgan fingerprint density at radius 2 is 1.85 bits per heavy atom. The van der Waals surface area contributed by atoms with Gasteiger partial charge in [0.05, 0.1) is 17.5 Å². The fraction of sp³-hybridized carbons (Fsp3) is 0.705. The highest BCUT2D eigenvalue weighted by molar-refractivity contribution is 7.84. The van der Waals surface area contributed by atoms with Crippen molar-refractivity contribution >= 4 is 34.2 Å². The van der Waals surface area contributed by atoms with E-state index in [-0.39, 0.29) is 27.8 Å². The number of rotatable bonds is 15. The van der Waals surface area contributed by atoms with E-state index in [4.69, 9.17) is 25.8 Å². The second kappa shape index (κ2) is 18.2. The SMILES string of the molecule is CCCC[C@@](OCC)(C1CCC1CN1C[C@@]2(CCCc3cc(Cl)ccc32)COc2ccc(C(=O)NS(=O)C(C)CCOC)cc21)N1CCN(C(C)(C)C)CC1. The van der Waals surface area contributed by atoms with Gasteiger partial charge < -0.3 is 19.1 Å². The summed E-state index contributed by atoms with van der Waals surface area (Å²) in [5.74, 6) is 1.25. The number of nitrogens with zero attached hydrogens (tertiary/aromatic N) is 3. The fourth-order valence-corrected chi connectivity index (χ4v) is 10.9. The van der Waals surface area contributed by atoms with Gasteiger partial charge in [-0.3, -0.25) is 19.3 Å². The maximum absolute atomic E-state index is 13.7. The van der Waals surface area contributed by atoms with Gasteiger partial charge in [-0.15, -0.1) is 0 Å². The Labute approximate surface area is 338 Å². The molecule has 4 unspecified atom stereocenters. The number of fused-ring (bicyclic) bond motifs is 3. The third kappa shape index (κ3) is 9.25. The molecule has 2 fully saturated rings. The summed E-state index contributed by atoms with van der Waals surface area (Å²) < 4.78 is 34.9. The molecule has 1 amide bonds. The van der Waals surface area contributed by atoms with Gasteiger partial charge in [-0.1, -0.05) is 31.0 Å². The van der Waals surface area contributed by atoms with Gasteiger partial charge in [0.25, 0.3) is 5.91 Å². The predicted molar refractivity (Wildman–Crippen MR) is 225 cm³/mol. The van der Waals surface area contributed by atoms with Gasteiger partial charge >= 0.3 is 0 Å². The molecule has 6 rings (SSSR count). The number of amides is 1. The normalized spacial score (nSPS) is 25.5. The number of ether oxygens (including phenoxy) is 3. The highest BCUT2D eigenvalue weighted by atomic mass is 35.5. The third-order valence-corrected chi connectivity index (χ3v) is 14.7. The molecular weight excluding hydrogens is 732 g/mol. The molecule has 2 aliphatic heterocycles. The number of unbranched alkanes of at least 4 members (excludes halogenated alkanes) is 1. The zero-order valence-corrected chi connectivity index (χ0v) is 36.2. The second-order valence-corrected chi connectivity index (χ2v) is 19.6. The molecule has 9 nitrogen and oxygen atoms in total. The highest BCUT2D eigenvalue weighted by Gasteiger charge is 2.53. The molecule has 0 radical (unpaired) electrons. The zero-order chi connectivity index (χ0) is 39.4. The molecule has 55 heavy (non-hydrogen) atoms. The molecule has 2 heterocycles. The first-order valence-corrected chi connectivity index (χ1v) is 22.6.